The summed E-state index contributed by atoms with van der Waals surface area (Å²) >= 11 is 0. The van der Waals surface area contributed by atoms with Gasteiger partial charge in [0.15, 0.2) is 0 Å². The van der Waals surface area contributed by atoms with Gasteiger partial charge in [-0.05, 0) is 43.0 Å². The molecule has 0 aliphatic rings. The maximum absolute atomic E-state index is 13.3. The largest absolute Gasteiger partial charge is 0.352 e. The van der Waals surface area contributed by atoms with Gasteiger partial charge in [0.2, 0.25) is 11.8 Å². The van der Waals surface area contributed by atoms with E-state index < -0.39 is 6.04 Å². The molecule has 0 bridgehead atoms. The van der Waals surface area contributed by atoms with Crippen molar-refractivity contribution >= 4 is 11.8 Å². The molecular formula is C24H31FN2O2. The van der Waals surface area contributed by atoms with E-state index in [1.54, 1.807) is 17.0 Å². The van der Waals surface area contributed by atoms with Crippen molar-refractivity contribution in [2.75, 3.05) is 0 Å². The molecule has 0 saturated carbocycles. The molecule has 1 N–H and O–H groups in total. The van der Waals surface area contributed by atoms with Gasteiger partial charge in [-0.2, -0.15) is 0 Å². The molecule has 2 aromatic carbocycles. The zero-order valence-electron chi connectivity index (χ0n) is 17.5. The average molecular weight is 399 g/mol. The number of carbonyl (C=O) groups excluding carboxylic acids is 2. The second kappa shape index (κ2) is 11.3. The summed E-state index contributed by atoms with van der Waals surface area (Å²) in [5.74, 6) is -0.553. The van der Waals surface area contributed by atoms with Crippen LogP contribution in [0, 0.1) is 5.82 Å². The van der Waals surface area contributed by atoms with Crippen LogP contribution in [0.3, 0.4) is 0 Å². The van der Waals surface area contributed by atoms with Crippen LogP contribution in [0.2, 0.25) is 0 Å². The van der Waals surface area contributed by atoms with Crippen LogP contribution in [0.1, 0.15) is 51.2 Å². The average Bonchev–Trinajstić information content (AvgIpc) is 2.72. The number of nitrogens with zero attached hydrogens (tertiary/aromatic N) is 1. The van der Waals surface area contributed by atoms with Gasteiger partial charge in [-0.25, -0.2) is 4.39 Å². The Bertz CT molecular complexity index is 777. The minimum absolute atomic E-state index is 0.0229. The lowest BCUT2D eigenvalue weighted by Gasteiger charge is -2.32. The van der Waals surface area contributed by atoms with Gasteiger partial charge in [-0.15, -0.1) is 0 Å². The lowest BCUT2D eigenvalue weighted by molar-refractivity contribution is -0.141. The van der Waals surface area contributed by atoms with Gasteiger partial charge < -0.3 is 10.2 Å². The number of amides is 2. The summed E-state index contributed by atoms with van der Waals surface area (Å²) in [4.78, 5) is 27.8. The highest BCUT2D eigenvalue weighted by Crippen LogP contribution is 2.17. The van der Waals surface area contributed by atoms with Crippen LogP contribution in [-0.4, -0.2) is 28.8 Å². The maximum Gasteiger partial charge on any atom is 0.243 e. The van der Waals surface area contributed by atoms with Crippen molar-refractivity contribution in [1.82, 2.24) is 10.2 Å². The van der Waals surface area contributed by atoms with Crippen molar-refractivity contribution in [2.45, 2.75) is 65.1 Å². The van der Waals surface area contributed by atoms with Crippen LogP contribution in [0.15, 0.2) is 54.6 Å². The fraction of sp³-hybridized carbons (Fsp3) is 0.417. The normalized spacial score (nSPS) is 12.8. The minimum Gasteiger partial charge on any atom is -0.352 e. The molecule has 0 spiro atoms. The predicted molar refractivity (Wildman–Crippen MR) is 114 cm³/mol. The van der Waals surface area contributed by atoms with Gasteiger partial charge in [0.1, 0.15) is 11.9 Å². The third kappa shape index (κ3) is 7.00. The van der Waals surface area contributed by atoms with Crippen molar-refractivity contribution in [2.24, 2.45) is 0 Å². The highest BCUT2D eigenvalue weighted by molar-refractivity contribution is 5.88. The first-order valence-electron chi connectivity index (χ1n) is 10.3. The van der Waals surface area contributed by atoms with Gasteiger partial charge in [-0.1, -0.05) is 56.3 Å². The summed E-state index contributed by atoms with van der Waals surface area (Å²) < 4.78 is 13.3. The van der Waals surface area contributed by atoms with Crippen LogP contribution in [0.5, 0.6) is 0 Å². The summed E-state index contributed by atoms with van der Waals surface area (Å²) in [5.41, 5.74) is 1.79. The fourth-order valence-electron chi connectivity index (χ4n) is 3.14. The molecule has 2 amide bonds. The Balaban J connectivity index is 2.35. The maximum atomic E-state index is 13.3. The van der Waals surface area contributed by atoms with E-state index in [1.165, 1.54) is 12.1 Å². The van der Waals surface area contributed by atoms with E-state index in [2.05, 4.69) is 5.32 Å². The Morgan fingerprint density at radius 2 is 1.66 bits per heavy atom. The highest BCUT2D eigenvalue weighted by Gasteiger charge is 2.30. The number of nitrogens with one attached hydrogen (secondary N) is 1. The van der Waals surface area contributed by atoms with Crippen molar-refractivity contribution in [3.63, 3.8) is 0 Å². The number of benzene rings is 2. The zero-order chi connectivity index (χ0) is 21.2. The molecule has 0 aliphatic heterocycles. The van der Waals surface area contributed by atoms with Crippen LogP contribution < -0.4 is 5.32 Å². The lowest BCUT2D eigenvalue weighted by atomic mass is 10.0. The Labute approximate surface area is 173 Å². The molecule has 4 nitrogen and oxygen atoms in total. The Hall–Kier alpha value is -2.69. The van der Waals surface area contributed by atoms with E-state index in [0.717, 1.165) is 17.5 Å². The number of carbonyl (C=O) groups is 2. The van der Waals surface area contributed by atoms with E-state index in [1.807, 2.05) is 51.1 Å². The molecule has 0 unspecified atom stereocenters. The predicted octanol–water partition coefficient (Wildman–Crippen LogP) is 4.48. The quantitative estimate of drug-likeness (QED) is 0.641. The summed E-state index contributed by atoms with van der Waals surface area (Å²) in [6, 6.07) is 15.2. The Kier molecular flexibility index (Phi) is 8.84. The molecule has 156 valence electrons. The monoisotopic (exact) mass is 398 g/mol. The summed E-state index contributed by atoms with van der Waals surface area (Å²) in [6.07, 6.45) is 2.30. The molecule has 0 heterocycles. The fourth-order valence-corrected chi connectivity index (χ4v) is 3.14. The molecule has 2 atom stereocenters. The van der Waals surface area contributed by atoms with Gasteiger partial charge >= 0.3 is 0 Å². The molecule has 2 aromatic rings. The van der Waals surface area contributed by atoms with Crippen molar-refractivity contribution in [3.05, 3.63) is 71.5 Å². The zero-order valence-corrected chi connectivity index (χ0v) is 17.5. The van der Waals surface area contributed by atoms with E-state index in [4.69, 9.17) is 0 Å². The van der Waals surface area contributed by atoms with Crippen LogP contribution in [-0.2, 0) is 22.6 Å². The molecule has 0 radical (unpaired) electrons. The SMILES string of the molecule is CCCC(=O)N(Cc1ccc(F)cc1)[C@H](Cc1ccccc1)C(=O)N[C@H](C)CC. The first-order valence-corrected chi connectivity index (χ1v) is 10.3. The summed E-state index contributed by atoms with van der Waals surface area (Å²) in [6.45, 7) is 6.18. The molecule has 2 rings (SSSR count). The van der Waals surface area contributed by atoms with Gasteiger partial charge in [0.05, 0.1) is 0 Å². The lowest BCUT2D eigenvalue weighted by Crippen LogP contribution is -2.52. The number of hydrogen-bond donors (Lipinski definition) is 1. The number of halogens is 1. The van der Waals surface area contributed by atoms with Crippen molar-refractivity contribution in [1.29, 1.82) is 0 Å². The van der Waals surface area contributed by atoms with Crippen LogP contribution in [0.4, 0.5) is 4.39 Å². The molecule has 0 aliphatic carbocycles. The number of rotatable bonds is 10. The van der Waals surface area contributed by atoms with Gasteiger partial charge in [0, 0.05) is 25.4 Å². The Morgan fingerprint density at radius 3 is 2.24 bits per heavy atom. The second-order valence-corrected chi connectivity index (χ2v) is 7.42. The molecule has 29 heavy (non-hydrogen) atoms. The highest BCUT2D eigenvalue weighted by atomic mass is 19.1. The van der Waals surface area contributed by atoms with E-state index in [9.17, 15) is 14.0 Å². The van der Waals surface area contributed by atoms with E-state index in [-0.39, 0.29) is 30.2 Å². The van der Waals surface area contributed by atoms with Crippen LogP contribution >= 0.6 is 0 Å². The Morgan fingerprint density at radius 1 is 1.00 bits per heavy atom. The molecule has 0 fully saturated rings. The first-order chi connectivity index (χ1) is 13.9. The molecular weight excluding hydrogens is 367 g/mol. The third-order valence-electron chi connectivity index (χ3n) is 5.00. The van der Waals surface area contributed by atoms with Gasteiger partial charge in [0.25, 0.3) is 0 Å². The summed E-state index contributed by atoms with van der Waals surface area (Å²) in [7, 11) is 0. The first kappa shape index (κ1) is 22.6. The van der Waals surface area contributed by atoms with Crippen molar-refractivity contribution < 1.29 is 14.0 Å². The van der Waals surface area contributed by atoms with E-state index in [0.29, 0.717) is 19.3 Å². The number of hydrogen-bond acceptors (Lipinski definition) is 2. The van der Waals surface area contributed by atoms with Gasteiger partial charge in [-0.3, -0.25) is 9.59 Å². The van der Waals surface area contributed by atoms with Crippen LogP contribution in [0.25, 0.3) is 0 Å². The standard InChI is InChI=1S/C24H31FN2O2/c1-4-9-23(28)27(17-20-12-14-21(25)15-13-20)22(24(29)26-18(3)5-2)16-19-10-7-6-8-11-19/h6-8,10-15,18,22H,4-5,9,16-17H2,1-3H3,(H,26,29)/t18-,22-/m1/s1. The third-order valence-corrected chi connectivity index (χ3v) is 5.00. The summed E-state index contributed by atoms with van der Waals surface area (Å²) in [5, 5.41) is 3.03. The van der Waals surface area contributed by atoms with Crippen molar-refractivity contribution in [3.8, 4) is 0 Å². The molecule has 0 aromatic heterocycles. The second-order valence-electron chi connectivity index (χ2n) is 7.42. The minimum atomic E-state index is -0.629. The smallest absolute Gasteiger partial charge is 0.243 e. The molecule has 0 saturated heterocycles. The topological polar surface area (TPSA) is 49.4 Å². The molecule has 5 heteroatoms. The van der Waals surface area contributed by atoms with E-state index >= 15 is 0 Å².